The lowest BCUT2D eigenvalue weighted by Gasteiger charge is -2.15. The molecule has 0 saturated heterocycles. The fourth-order valence-electron chi connectivity index (χ4n) is 2.06. The van der Waals surface area contributed by atoms with Crippen molar-refractivity contribution in [2.45, 2.75) is 26.7 Å². The van der Waals surface area contributed by atoms with Gasteiger partial charge >= 0.3 is 0 Å². The Morgan fingerprint density at radius 2 is 2.11 bits per heavy atom. The van der Waals surface area contributed by atoms with Gasteiger partial charge in [-0.3, -0.25) is 4.79 Å². The van der Waals surface area contributed by atoms with Crippen molar-refractivity contribution < 1.29 is 4.79 Å². The van der Waals surface area contributed by atoms with E-state index in [0.717, 1.165) is 30.3 Å². The Morgan fingerprint density at radius 1 is 1.33 bits per heavy atom. The average Bonchev–Trinajstić information content (AvgIpc) is 2.77. The van der Waals surface area contributed by atoms with Gasteiger partial charge in [0.1, 0.15) is 5.69 Å². The summed E-state index contributed by atoms with van der Waals surface area (Å²) in [7, 11) is 1.86. The summed E-state index contributed by atoms with van der Waals surface area (Å²) in [6.45, 7) is 4.99. The second kappa shape index (κ2) is 5.25. The van der Waals surface area contributed by atoms with E-state index in [-0.39, 0.29) is 5.91 Å². The summed E-state index contributed by atoms with van der Waals surface area (Å²) in [6, 6.07) is 8.10. The lowest BCUT2D eigenvalue weighted by atomic mass is 10.2. The standard InChI is InChI=1S/C15H20N2O/c1-4-5-8-17(3)15(18)14-10-12-7-6-11(2)9-13(12)16-14/h6-7,9-10,16H,4-5,8H2,1-3H3. The van der Waals surface area contributed by atoms with Crippen LogP contribution in [0.1, 0.15) is 35.8 Å². The average molecular weight is 244 g/mol. The third-order valence-electron chi connectivity index (χ3n) is 3.20. The number of hydrogen-bond donors (Lipinski definition) is 1. The zero-order valence-electron chi connectivity index (χ0n) is 11.3. The summed E-state index contributed by atoms with van der Waals surface area (Å²) >= 11 is 0. The molecule has 0 aliphatic rings. The molecule has 3 heteroatoms. The maximum absolute atomic E-state index is 12.2. The minimum absolute atomic E-state index is 0.0669. The fourth-order valence-corrected chi connectivity index (χ4v) is 2.06. The maximum atomic E-state index is 12.2. The van der Waals surface area contributed by atoms with Gasteiger partial charge in [0, 0.05) is 24.5 Å². The second-order valence-electron chi connectivity index (χ2n) is 4.85. The third kappa shape index (κ3) is 2.55. The summed E-state index contributed by atoms with van der Waals surface area (Å²) in [6.07, 6.45) is 2.14. The molecule has 2 aromatic rings. The highest BCUT2D eigenvalue weighted by Crippen LogP contribution is 2.17. The van der Waals surface area contributed by atoms with Crippen molar-refractivity contribution in [2.24, 2.45) is 0 Å². The Balaban J connectivity index is 2.22. The molecule has 0 bridgehead atoms. The molecular formula is C15H20N2O. The van der Waals surface area contributed by atoms with Crippen LogP contribution in [0, 0.1) is 6.92 Å². The molecule has 0 radical (unpaired) electrons. The van der Waals surface area contributed by atoms with Crippen LogP contribution >= 0.6 is 0 Å². The van der Waals surface area contributed by atoms with E-state index in [1.165, 1.54) is 5.56 Å². The van der Waals surface area contributed by atoms with Crippen molar-refractivity contribution >= 4 is 16.8 Å². The highest BCUT2D eigenvalue weighted by atomic mass is 16.2. The van der Waals surface area contributed by atoms with E-state index in [4.69, 9.17) is 0 Å². The summed E-state index contributed by atoms with van der Waals surface area (Å²) in [5.74, 6) is 0.0669. The number of nitrogens with one attached hydrogen (secondary N) is 1. The SMILES string of the molecule is CCCCN(C)C(=O)c1cc2ccc(C)cc2[nH]1. The first-order valence-electron chi connectivity index (χ1n) is 6.46. The van der Waals surface area contributed by atoms with E-state index in [9.17, 15) is 4.79 Å². The van der Waals surface area contributed by atoms with Gasteiger partial charge in [-0.1, -0.05) is 25.5 Å². The first-order chi connectivity index (χ1) is 8.61. The van der Waals surface area contributed by atoms with Gasteiger partial charge in [-0.25, -0.2) is 0 Å². The minimum Gasteiger partial charge on any atom is -0.351 e. The molecule has 1 heterocycles. The highest BCUT2D eigenvalue weighted by molar-refractivity contribution is 5.98. The molecule has 96 valence electrons. The molecule has 1 amide bonds. The van der Waals surface area contributed by atoms with Gasteiger partial charge in [-0.15, -0.1) is 0 Å². The predicted octanol–water partition coefficient (Wildman–Crippen LogP) is 3.35. The van der Waals surface area contributed by atoms with Crippen molar-refractivity contribution in [1.82, 2.24) is 9.88 Å². The number of rotatable bonds is 4. The topological polar surface area (TPSA) is 36.1 Å². The number of amides is 1. The number of H-pyrrole nitrogens is 1. The Kier molecular flexibility index (Phi) is 3.70. The van der Waals surface area contributed by atoms with Crippen LogP contribution in [0.25, 0.3) is 10.9 Å². The molecular weight excluding hydrogens is 224 g/mol. The number of carbonyl (C=O) groups excluding carboxylic acids is 1. The Hall–Kier alpha value is -1.77. The van der Waals surface area contributed by atoms with Gasteiger partial charge in [0.2, 0.25) is 0 Å². The van der Waals surface area contributed by atoms with Crippen molar-refractivity contribution in [1.29, 1.82) is 0 Å². The van der Waals surface area contributed by atoms with Crippen LogP contribution < -0.4 is 0 Å². The van der Waals surface area contributed by atoms with Crippen LogP contribution in [0.4, 0.5) is 0 Å². The van der Waals surface area contributed by atoms with E-state index in [1.54, 1.807) is 4.90 Å². The van der Waals surface area contributed by atoms with Crippen molar-refractivity contribution in [3.63, 3.8) is 0 Å². The molecule has 0 spiro atoms. The summed E-state index contributed by atoms with van der Waals surface area (Å²) in [4.78, 5) is 17.2. The lowest BCUT2D eigenvalue weighted by Crippen LogP contribution is -2.27. The minimum atomic E-state index is 0.0669. The molecule has 1 aromatic carbocycles. The van der Waals surface area contributed by atoms with Crippen LogP contribution in [0.3, 0.4) is 0 Å². The van der Waals surface area contributed by atoms with Gasteiger partial charge < -0.3 is 9.88 Å². The van der Waals surface area contributed by atoms with Gasteiger partial charge in [0.25, 0.3) is 5.91 Å². The Bertz CT molecular complexity index is 557. The highest BCUT2D eigenvalue weighted by Gasteiger charge is 2.13. The summed E-state index contributed by atoms with van der Waals surface area (Å²) < 4.78 is 0. The van der Waals surface area contributed by atoms with Crippen LogP contribution in [0.5, 0.6) is 0 Å². The van der Waals surface area contributed by atoms with Crippen LogP contribution in [-0.2, 0) is 0 Å². The monoisotopic (exact) mass is 244 g/mol. The smallest absolute Gasteiger partial charge is 0.270 e. The maximum Gasteiger partial charge on any atom is 0.270 e. The van der Waals surface area contributed by atoms with E-state index in [2.05, 4.69) is 31.0 Å². The number of aromatic nitrogens is 1. The van der Waals surface area contributed by atoms with E-state index < -0.39 is 0 Å². The van der Waals surface area contributed by atoms with Crippen molar-refractivity contribution in [3.8, 4) is 0 Å². The molecule has 1 aromatic heterocycles. The number of fused-ring (bicyclic) bond motifs is 1. The molecule has 0 unspecified atom stereocenters. The largest absolute Gasteiger partial charge is 0.351 e. The Labute approximate surface area is 108 Å². The first kappa shape index (κ1) is 12.7. The quantitative estimate of drug-likeness (QED) is 0.879. The number of hydrogen-bond acceptors (Lipinski definition) is 1. The zero-order valence-corrected chi connectivity index (χ0v) is 11.3. The third-order valence-corrected chi connectivity index (χ3v) is 3.20. The molecule has 2 rings (SSSR count). The molecule has 0 aliphatic heterocycles. The molecule has 0 fully saturated rings. The van der Waals surface area contributed by atoms with Gasteiger partial charge in [-0.05, 0) is 31.0 Å². The predicted molar refractivity (Wildman–Crippen MR) is 74.9 cm³/mol. The van der Waals surface area contributed by atoms with Crippen LogP contribution in [0.2, 0.25) is 0 Å². The van der Waals surface area contributed by atoms with E-state index in [1.807, 2.05) is 19.2 Å². The molecule has 0 aliphatic carbocycles. The molecule has 0 atom stereocenters. The van der Waals surface area contributed by atoms with E-state index >= 15 is 0 Å². The number of benzene rings is 1. The Morgan fingerprint density at radius 3 is 2.83 bits per heavy atom. The summed E-state index contributed by atoms with van der Waals surface area (Å²) in [5, 5.41) is 1.09. The number of aryl methyl sites for hydroxylation is 1. The van der Waals surface area contributed by atoms with Gasteiger partial charge in [0.15, 0.2) is 0 Å². The molecule has 1 N–H and O–H groups in total. The molecule has 18 heavy (non-hydrogen) atoms. The van der Waals surface area contributed by atoms with Crippen LogP contribution in [-0.4, -0.2) is 29.4 Å². The normalized spacial score (nSPS) is 10.8. The number of unbranched alkanes of at least 4 members (excludes halogenated alkanes) is 1. The van der Waals surface area contributed by atoms with Gasteiger partial charge in [-0.2, -0.15) is 0 Å². The number of nitrogens with zero attached hydrogens (tertiary/aromatic N) is 1. The van der Waals surface area contributed by atoms with Gasteiger partial charge in [0.05, 0.1) is 0 Å². The van der Waals surface area contributed by atoms with Crippen molar-refractivity contribution in [3.05, 3.63) is 35.5 Å². The van der Waals surface area contributed by atoms with Crippen LogP contribution in [0.15, 0.2) is 24.3 Å². The molecule has 3 nitrogen and oxygen atoms in total. The number of carbonyl (C=O) groups is 1. The number of aromatic amines is 1. The molecule has 0 saturated carbocycles. The second-order valence-corrected chi connectivity index (χ2v) is 4.85. The first-order valence-corrected chi connectivity index (χ1v) is 6.46. The fraction of sp³-hybridized carbons (Fsp3) is 0.400. The van der Waals surface area contributed by atoms with Crippen molar-refractivity contribution in [2.75, 3.05) is 13.6 Å². The zero-order chi connectivity index (χ0) is 13.1. The van der Waals surface area contributed by atoms with E-state index in [0.29, 0.717) is 5.69 Å². The lowest BCUT2D eigenvalue weighted by molar-refractivity contribution is 0.0788. The summed E-state index contributed by atoms with van der Waals surface area (Å²) in [5.41, 5.74) is 2.90.